The maximum atomic E-state index is 12.0. The van der Waals surface area contributed by atoms with Crippen LogP contribution in [0, 0.1) is 5.41 Å². The molecule has 2 heterocycles. The smallest absolute Gasteiger partial charge is 0.236 e. The molecule has 1 unspecified atom stereocenters. The maximum absolute atomic E-state index is 12.0. The molecule has 0 aromatic heterocycles. The molecule has 0 bridgehead atoms. The van der Waals surface area contributed by atoms with Crippen LogP contribution in [0.15, 0.2) is 30.3 Å². The predicted molar refractivity (Wildman–Crippen MR) is 99.8 cm³/mol. The zero-order chi connectivity index (χ0) is 17.7. The minimum absolute atomic E-state index is 0.209. The molecule has 1 aromatic carbocycles. The number of ether oxygens (including phenoxy) is 1. The molecule has 0 N–H and O–H groups in total. The van der Waals surface area contributed by atoms with E-state index in [0.717, 1.165) is 45.1 Å². The van der Waals surface area contributed by atoms with Crippen LogP contribution in [0.25, 0.3) is 0 Å². The van der Waals surface area contributed by atoms with E-state index in [0.29, 0.717) is 12.0 Å². The molecule has 3 rings (SSSR count). The number of piperidine rings is 1. The Balaban J connectivity index is 1.45. The lowest BCUT2D eigenvalue weighted by Gasteiger charge is -2.40. The summed E-state index contributed by atoms with van der Waals surface area (Å²) in [6.45, 7) is 6.69. The summed E-state index contributed by atoms with van der Waals surface area (Å²) in [5.74, 6) is 1.16. The Morgan fingerprint density at radius 2 is 1.88 bits per heavy atom. The first-order valence-electron chi connectivity index (χ1n) is 9.39. The first kappa shape index (κ1) is 18.2. The van der Waals surface area contributed by atoms with Gasteiger partial charge in [-0.1, -0.05) is 18.2 Å². The van der Waals surface area contributed by atoms with E-state index in [1.165, 1.54) is 19.3 Å². The van der Waals surface area contributed by atoms with Gasteiger partial charge in [0, 0.05) is 33.7 Å². The van der Waals surface area contributed by atoms with Gasteiger partial charge in [-0.15, -0.1) is 0 Å². The van der Waals surface area contributed by atoms with Crippen LogP contribution in [0.3, 0.4) is 0 Å². The third kappa shape index (κ3) is 4.95. The van der Waals surface area contributed by atoms with Crippen LogP contribution in [-0.4, -0.2) is 80.6 Å². The molecule has 25 heavy (non-hydrogen) atoms. The van der Waals surface area contributed by atoms with Crippen LogP contribution >= 0.6 is 0 Å². The quantitative estimate of drug-likeness (QED) is 0.789. The topological polar surface area (TPSA) is 36.0 Å². The monoisotopic (exact) mass is 345 g/mol. The molecule has 2 aliphatic rings. The van der Waals surface area contributed by atoms with E-state index in [-0.39, 0.29) is 5.91 Å². The van der Waals surface area contributed by atoms with Gasteiger partial charge in [0.1, 0.15) is 12.4 Å². The fourth-order valence-corrected chi connectivity index (χ4v) is 4.14. The van der Waals surface area contributed by atoms with Crippen molar-refractivity contribution in [3.05, 3.63) is 30.3 Å². The largest absolute Gasteiger partial charge is 0.492 e. The number of amides is 1. The Hall–Kier alpha value is -1.59. The Kier molecular flexibility index (Phi) is 5.97. The molecule has 5 nitrogen and oxygen atoms in total. The normalized spacial score (nSPS) is 24.6. The van der Waals surface area contributed by atoms with Gasteiger partial charge in [-0.05, 0) is 49.9 Å². The SMILES string of the molecule is CN(C)C(=O)CN1CCC2(CCCN(CCOc3ccccc3)C2)C1. The molecule has 0 saturated carbocycles. The summed E-state index contributed by atoms with van der Waals surface area (Å²) < 4.78 is 5.86. The number of hydrogen-bond acceptors (Lipinski definition) is 4. The summed E-state index contributed by atoms with van der Waals surface area (Å²) in [4.78, 5) is 18.5. The van der Waals surface area contributed by atoms with E-state index in [4.69, 9.17) is 4.74 Å². The van der Waals surface area contributed by atoms with Crippen molar-refractivity contribution in [1.82, 2.24) is 14.7 Å². The molecule has 5 heteroatoms. The number of carbonyl (C=O) groups is 1. The molecule has 0 radical (unpaired) electrons. The first-order valence-corrected chi connectivity index (χ1v) is 9.39. The van der Waals surface area contributed by atoms with Crippen molar-refractivity contribution in [3.63, 3.8) is 0 Å². The summed E-state index contributed by atoms with van der Waals surface area (Å²) >= 11 is 0. The van der Waals surface area contributed by atoms with Crippen molar-refractivity contribution in [2.24, 2.45) is 5.41 Å². The van der Waals surface area contributed by atoms with Crippen molar-refractivity contribution in [2.75, 3.05) is 60.0 Å². The van der Waals surface area contributed by atoms with Gasteiger partial charge in [-0.2, -0.15) is 0 Å². The second-order valence-corrected chi connectivity index (χ2v) is 7.79. The number of nitrogens with zero attached hydrogens (tertiary/aromatic N) is 3. The highest BCUT2D eigenvalue weighted by Gasteiger charge is 2.41. The number of carbonyl (C=O) groups excluding carboxylic acids is 1. The standard InChI is InChI=1S/C20H31N3O2/c1-21(2)19(24)15-23-12-10-20(17-23)9-6-11-22(16-20)13-14-25-18-7-4-3-5-8-18/h3-5,7-8H,6,9-17H2,1-2H3. The molecular formula is C20H31N3O2. The summed E-state index contributed by atoms with van der Waals surface area (Å²) in [7, 11) is 3.67. The van der Waals surface area contributed by atoms with Gasteiger partial charge in [0.05, 0.1) is 6.54 Å². The third-order valence-electron chi connectivity index (χ3n) is 5.53. The van der Waals surface area contributed by atoms with Crippen LogP contribution in [0.2, 0.25) is 0 Å². The minimum Gasteiger partial charge on any atom is -0.492 e. The van der Waals surface area contributed by atoms with Gasteiger partial charge in [-0.3, -0.25) is 14.6 Å². The second-order valence-electron chi connectivity index (χ2n) is 7.79. The highest BCUT2D eigenvalue weighted by molar-refractivity contribution is 5.77. The van der Waals surface area contributed by atoms with Gasteiger partial charge in [0.15, 0.2) is 0 Å². The molecule has 1 spiro atoms. The van der Waals surface area contributed by atoms with Crippen LogP contribution in [-0.2, 0) is 4.79 Å². The highest BCUT2D eigenvalue weighted by atomic mass is 16.5. The number of para-hydroxylation sites is 1. The fourth-order valence-electron chi connectivity index (χ4n) is 4.14. The Morgan fingerprint density at radius 3 is 2.64 bits per heavy atom. The van der Waals surface area contributed by atoms with Crippen molar-refractivity contribution in [1.29, 1.82) is 0 Å². The summed E-state index contributed by atoms with van der Waals surface area (Å²) in [5.41, 5.74) is 0.373. The highest BCUT2D eigenvalue weighted by Crippen LogP contribution is 2.38. The molecule has 1 aromatic rings. The number of rotatable bonds is 6. The maximum Gasteiger partial charge on any atom is 0.236 e. The van der Waals surface area contributed by atoms with E-state index < -0.39 is 0 Å². The van der Waals surface area contributed by atoms with Crippen LogP contribution in [0.5, 0.6) is 5.75 Å². The van der Waals surface area contributed by atoms with Gasteiger partial charge in [0.25, 0.3) is 0 Å². The molecule has 0 aliphatic carbocycles. The van der Waals surface area contributed by atoms with Gasteiger partial charge < -0.3 is 9.64 Å². The Bertz CT molecular complexity index is 563. The predicted octanol–water partition coefficient (Wildman–Crippen LogP) is 1.94. The average Bonchev–Trinajstić information content (AvgIpc) is 2.97. The lowest BCUT2D eigenvalue weighted by Crippen LogP contribution is -2.46. The molecular weight excluding hydrogens is 314 g/mol. The van der Waals surface area contributed by atoms with Crippen LogP contribution in [0.4, 0.5) is 0 Å². The van der Waals surface area contributed by atoms with E-state index in [2.05, 4.69) is 9.80 Å². The summed E-state index contributed by atoms with van der Waals surface area (Å²) in [5, 5.41) is 0. The van der Waals surface area contributed by atoms with Gasteiger partial charge >= 0.3 is 0 Å². The number of likely N-dealkylation sites (N-methyl/N-ethyl adjacent to an activating group) is 1. The van der Waals surface area contributed by atoms with E-state index in [1.54, 1.807) is 4.90 Å². The van der Waals surface area contributed by atoms with Crippen LogP contribution < -0.4 is 4.74 Å². The van der Waals surface area contributed by atoms with E-state index in [1.807, 2.05) is 44.4 Å². The van der Waals surface area contributed by atoms with Crippen LogP contribution in [0.1, 0.15) is 19.3 Å². The minimum atomic E-state index is 0.209. The number of benzene rings is 1. The van der Waals surface area contributed by atoms with Gasteiger partial charge in [-0.25, -0.2) is 0 Å². The summed E-state index contributed by atoms with van der Waals surface area (Å²) in [6.07, 6.45) is 3.75. The van der Waals surface area contributed by atoms with E-state index >= 15 is 0 Å². The van der Waals surface area contributed by atoms with E-state index in [9.17, 15) is 4.79 Å². The molecule has 2 saturated heterocycles. The van der Waals surface area contributed by atoms with Crippen molar-refractivity contribution in [3.8, 4) is 5.75 Å². The lowest BCUT2D eigenvalue weighted by molar-refractivity contribution is -0.129. The van der Waals surface area contributed by atoms with Crippen molar-refractivity contribution >= 4 is 5.91 Å². The van der Waals surface area contributed by atoms with Gasteiger partial charge in [0.2, 0.25) is 5.91 Å². The summed E-state index contributed by atoms with van der Waals surface area (Å²) in [6, 6.07) is 10.0. The van der Waals surface area contributed by atoms with Crippen molar-refractivity contribution in [2.45, 2.75) is 19.3 Å². The molecule has 1 amide bonds. The molecule has 138 valence electrons. The number of hydrogen-bond donors (Lipinski definition) is 0. The van der Waals surface area contributed by atoms with Crippen molar-refractivity contribution < 1.29 is 9.53 Å². The zero-order valence-corrected chi connectivity index (χ0v) is 15.6. The Morgan fingerprint density at radius 1 is 1.12 bits per heavy atom. The molecule has 2 aliphatic heterocycles. The average molecular weight is 345 g/mol. The molecule has 2 fully saturated rings. The molecule has 1 atom stereocenters. The third-order valence-corrected chi connectivity index (χ3v) is 5.53. The Labute approximate surface area is 151 Å². The number of likely N-dealkylation sites (tertiary alicyclic amines) is 2. The lowest BCUT2D eigenvalue weighted by atomic mass is 9.79. The first-order chi connectivity index (χ1) is 12.1. The zero-order valence-electron chi connectivity index (χ0n) is 15.6. The second kappa shape index (κ2) is 8.19. The fraction of sp³-hybridized carbons (Fsp3) is 0.650.